The highest BCUT2D eigenvalue weighted by atomic mass is 35.5. The third-order valence-corrected chi connectivity index (χ3v) is 8.62. The Morgan fingerprint density at radius 3 is 2.55 bits per heavy atom. The molecular weight excluding hydrogens is 585 g/mol. The Morgan fingerprint density at radius 2 is 1.89 bits per heavy atom. The number of amides is 2. The first kappa shape index (κ1) is 30.4. The van der Waals surface area contributed by atoms with Crippen LogP contribution in [0.1, 0.15) is 83.5 Å². The zero-order valence-corrected chi connectivity index (χ0v) is 25.9. The third-order valence-electron chi connectivity index (χ3n) is 8.38. The van der Waals surface area contributed by atoms with Gasteiger partial charge < -0.3 is 24.8 Å². The summed E-state index contributed by atoms with van der Waals surface area (Å²) in [6.07, 6.45) is 5.60. The van der Waals surface area contributed by atoms with E-state index in [1.807, 2.05) is 19.2 Å². The van der Waals surface area contributed by atoms with Crippen LogP contribution in [-0.2, 0) is 11.3 Å². The lowest BCUT2D eigenvalue weighted by atomic mass is 9.94. The van der Waals surface area contributed by atoms with Crippen LogP contribution in [0.25, 0.3) is 11.1 Å². The molecule has 3 heterocycles. The van der Waals surface area contributed by atoms with Crippen molar-refractivity contribution in [2.24, 2.45) is 0 Å². The van der Waals surface area contributed by atoms with Gasteiger partial charge in [0.2, 0.25) is 0 Å². The first-order valence-corrected chi connectivity index (χ1v) is 15.5. The predicted octanol–water partition coefficient (Wildman–Crippen LogP) is 5.34. The van der Waals surface area contributed by atoms with Crippen molar-refractivity contribution in [3.63, 3.8) is 0 Å². The number of nitrogens with zero attached hydrogens (tertiary/aromatic N) is 3. The van der Waals surface area contributed by atoms with E-state index in [0.29, 0.717) is 34.8 Å². The first-order chi connectivity index (χ1) is 21.0. The second-order valence-corrected chi connectivity index (χ2v) is 13.0. The number of hydrogen-bond acceptors (Lipinski definition) is 6. The molecule has 1 aliphatic heterocycles. The van der Waals surface area contributed by atoms with E-state index in [0.717, 1.165) is 36.9 Å². The van der Waals surface area contributed by atoms with Gasteiger partial charge in [0.05, 0.1) is 19.2 Å². The summed E-state index contributed by atoms with van der Waals surface area (Å²) in [7, 11) is 1.65. The number of benzene rings is 1. The number of likely N-dealkylation sites (tertiary alicyclic amines) is 1. The molecule has 1 atom stereocenters. The normalized spacial score (nSPS) is 18.1. The van der Waals surface area contributed by atoms with Gasteiger partial charge in [-0.2, -0.15) is 0 Å². The molecule has 2 N–H and O–H groups in total. The Bertz CT molecular complexity index is 1660. The minimum Gasteiger partial charge on any atom is -0.380 e. The maximum Gasteiger partial charge on any atom is 0.263 e. The summed E-state index contributed by atoms with van der Waals surface area (Å²) in [4.78, 5) is 46.6. The Hall–Kier alpha value is -3.60. The summed E-state index contributed by atoms with van der Waals surface area (Å²) in [5, 5.41) is 6.58. The van der Waals surface area contributed by atoms with Crippen LogP contribution >= 0.6 is 11.6 Å². The minimum absolute atomic E-state index is 0.0150. The third kappa shape index (κ3) is 6.72. The molecule has 3 aliphatic rings. The van der Waals surface area contributed by atoms with Crippen molar-refractivity contribution in [3.05, 3.63) is 80.4 Å². The van der Waals surface area contributed by atoms with Crippen LogP contribution in [0, 0.1) is 0 Å². The van der Waals surface area contributed by atoms with Crippen LogP contribution in [-0.4, -0.2) is 64.8 Å². The van der Waals surface area contributed by atoms with Crippen LogP contribution in [0.4, 0.5) is 10.2 Å². The SMILES string of the molecule is CO[C@@H](C)CNCc1cc(C(=O)Nc2cc(-c3ccc(Cl)cc3C(=O)N3CC(C)(F)C3)cc(C3CC3)n2)c(=O)n(C2CC2)c1. The average molecular weight is 622 g/mol. The molecule has 3 fully saturated rings. The van der Waals surface area contributed by atoms with Crippen LogP contribution in [0.2, 0.25) is 5.02 Å². The topological polar surface area (TPSA) is 106 Å². The highest BCUT2D eigenvalue weighted by Crippen LogP contribution is 2.42. The monoisotopic (exact) mass is 621 g/mol. The van der Waals surface area contributed by atoms with Gasteiger partial charge in [0.1, 0.15) is 17.1 Å². The number of alkyl halides is 1. The van der Waals surface area contributed by atoms with Crippen LogP contribution < -0.4 is 16.2 Å². The van der Waals surface area contributed by atoms with E-state index in [2.05, 4.69) is 10.6 Å². The van der Waals surface area contributed by atoms with Gasteiger partial charge in [0.15, 0.2) is 0 Å². The van der Waals surface area contributed by atoms with Gasteiger partial charge in [-0.15, -0.1) is 0 Å². The van der Waals surface area contributed by atoms with Gasteiger partial charge in [-0.1, -0.05) is 17.7 Å². The number of aromatic nitrogens is 2. The van der Waals surface area contributed by atoms with E-state index in [9.17, 15) is 18.8 Å². The second-order valence-electron chi connectivity index (χ2n) is 12.5. The molecule has 6 rings (SSSR count). The summed E-state index contributed by atoms with van der Waals surface area (Å²) in [5.74, 6) is -0.314. The fraction of sp³-hybridized carbons (Fsp3) is 0.455. The number of pyridine rings is 2. The standard InChI is InChI=1S/C33H37ClFN5O4/c1-19(44-3)14-36-15-20-10-27(32(43)40(16-20)24-7-8-24)30(41)38-29-12-22(11-28(37-29)21-4-5-21)25-9-6-23(34)13-26(25)31(42)39-17-33(2,35)18-39/h6,9-13,16,19,21,24,36H,4-5,7-8,14-15,17-18H2,1-3H3,(H,37,38,41)/t19-/m0/s1. The van der Waals surface area contributed by atoms with Crippen molar-refractivity contribution in [3.8, 4) is 11.1 Å². The van der Waals surface area contributed by atoms with E-state index in [4.69, 9.17) is 21.3 Å². The molecule has 2 aliphatic carbocycles. The largest absolute Gasteiger partial charge is 0.380 e. The number of halogens is 2. The second kappa shape index (κ2) is 12.1. The number of carbonyl (C=O) groups excluding carboxylic acids is 2. The minimum atomic E-state index is -1.41. The number of hydrogen-bond donors (Lipinski definition) is 2. The molecule has 2 aromatic heterocycles. The van der Waals surface area contributed by atoms with Gasteiger partial charge in [-0.05, 0) is 86.6 Å². The number of ether oxygens (including phenoxy) is 1. The van der Waals surface area contributed by atoms with Crippen LogP contribution in [0.5, 0.6) is 0 Å². The quantitative estimate of drug-likeness (QED) is 0.300. The number of rotatable bonds is 11. The van der Waals surface area contributed by atoms with Crippen molar-refractivity contribution in [1.82, 2.24) is 19.8 Å². The van der Waals surface area contributed by atoms with E-state index in [-0.39, 0.29) is 54.0 Å². The van der Waals surface area contributed by atoms with Gasteiger partial charge >= 0.3 is 0 Å². The molecule has 2 amide bonds. The highest BCUT2D eigenvalue weighted by molar-refractivity contribution is 6.31. The summed E-state index contributed by atoms with van der Waals surface area (Å²) < 4.78 is 21.2. The van der Waals surface area contributed by atoms with Gasteiger partial charge in [0.25, 0.3) is 17.4 Å². The molecule has 1 aromatic carbocycles. The number of anilines is 1. The summed E-state index contributed by atoms with van der Waals surface area (Å²) >= 11 is 6.29. The lowest BCUT2D eigenvalue weighted by Crippen LogP contribution is -2.59. The first-order valence-electron chi connectivity index (χ1n) is 15.1. The molecule has 0 radical (unpaired) electrons. The zero-order valence-electron chi connectivity index (χ0n) is 25.2. The molecule has 11 heteroatoms. The molecule has 1 saturated heterocycles. The Labute approximate surface area is 260 Å². The van der Waals surface area contributed by atoms with E-state index in [1.54, 1.807) is 42.0 Å². The molecular formula is C33H37ClFN5O4. The lowest BCUT2D eigenvalue weighted by molar-refractivity contribution is -0.00780. The Morgan fingerprint density at radius 1 is 1.14 bits per heavy atom. The van der Waals surface area contributed by atoms with Crippen molar-refractivity contribution in [1.29, 1.82) is 0 Å². The average Bonchev–Trinajstić information content (AvgIpc) is 3.89. The zero-order chi connectivity index (χ0) is 31.2. The van der Waals surface area contributed by atoms with Crippen molar-refractivity contribution in [2.75, 3.05) is 32.1 Å². The smallest absolute Gasteiger partial charge is 0.263 e. The Kier molecular flexibility index (Phi) is 8.34. The molecule has 232 valence electrons. The fourth-order valence-corrected chi connectivity index (χ4v) is 5.77. The highest BCUT2D eigenvalue weighted by Gasteiger charge is 2.42. The number of methoxy groups -OCH3 is 1. The fourth-order valence-electron chi connectivity index (χ4n) is 5.60. The van der Waals surface area contributed by atoms with Gasteiger partial charge in [-0.3, -0.25) is 14.4 Å². The van der Waals surface area contributed by atoms with Gasteiger partial charge in [0, 0.05) is 54.6 Å². The molecule has 3 aromatic rings. The molecule has 0 bridgehead atoms. The van der Waals surface area contributed by atoms with E-state index >= 15 is 0 Å². The van der Waals surface area contributed by atoms with Crippen molar-refractivity contribution in [2.45, 2.75) is 69.8 Å². The lowest BCUT2D eigenvalue weighted by Gasteiger charge is -2.42. The molecule has 9 nitrogen and oxygen atoms in total. The van der Waals surface area contributed by atoms with Crippen LogP contribution in [0.3, 0.4) is 0 Å². The Balaban J connectivity index is 1.31. The maximum atomic E-state index is 14.2. The summed E-state index contributed by atoms with van der Waals surface area (Å²) in [5.41, 5.74) is 1.58. The number of carbonyl (C=O) groups is 2. The van der Waals surface area contributed by atoms with Crippen molar-refractivity contribution >= 4 is 29.2 Å². The summed E-state index contributed by atoms with van der Waals surface area (Å²) in [6, 6.07) is 10.4. The molecule has 0 unspecified atom stereocenters. The predicted molar refractivity (Wildman–Crippen MR) is 167 cm³/mol. The van der Waals surface area contributed by atoms with Gasteiger partial charge in [-0.25, -0.2) is 9.37 Å². The molecule has 0 spiro atoms. The summed E-state index contributed by atoms with van der Waals surface area (Å²) in [6.45, 7) is 4.57. The van der Waals surface area contributed by atoms with E-state index < -0.39 is 11.6 Å². The van der Waals surface area contributed by atoms with Crippen LogP contribution in [0.15, 0.2) is 47.4 Å². The van der Waals surface area contributed by atoms with E-state index in [1.165, 1.54) is 11.8 Å². The maximum absolute atomic E-state index is 14.2. The molecule has 2 saturated carbocycles. The van der Waals surface area contributed by atoms with Crippen molar-refractivity contribution < 1.29 is 18.7 Å². The molecule has 44 heavy (non-hydrogen) atoms. The number of nitrogens with one attached hydrogen (secondary N) is 2.